The van der Waals surface area contributed by atoms with Crippen LogP contribution in [-0.4, -0.2) is 0 Å². The molecule has 0 fully saturated rings. The van der Waals surface area contributed by atoms with Gasteiger partial charge in [0.15, 0.2) is 0 Å². The Balaban J connectivity index is 1.26. The van der Waals surface area contributed by atoms with Crippen LogP contribution in [-0.2, 0) is 5.41 Å². The molecule has 1 aliphatic heterocycles. The lowest BCUT2D eigenvalue weighted by molar-refractivity contribution is 0.632. The number of rotatable bonds is 6. The molecule has 0 aromatic heterocycles. The number of hydrogen-bond acceptors (Lipinski definition) is 2. The van der Waals surface area contributed by atoms with Crippen molar-refractivity contribution in [1.82, 2.24) is 0 Å². The molecular formula is C53H40N2. The Morgan fingerprint density at radius 3 is 1.75 bits per heavy atom. The molecule has 2 nitrogen and oxygen atoms in total. The number of hydrogen-bond donors (Lipinski definition) is 0. The third kappa shape index (κ3) is 5.49. The summed E-state index contributed by atoms with van der Waals surface area (Å²) in [5.41, 5.74) is 14.0. The highest BCUT2D eigenvalue weighted by atomic mass is 15.2. The van der Waals surface area contributed by atoms with Gasteiger partial charge in [0, 0.05) is 22.2 Å². The summed E-state index contributed by atoms with van der Waals surface area (Å²) in [5, 5.41) is 4.89. The highest BCUT2D eigenvalue weighted by molar-refractivity contribution is 6.09. The van der Waals surface area contributed by atoms with Crippen LogP contribution >= 0.6 is 0 Å². The van der Waals surface area contributed by atoms with Gasteiger partial charge in [-0.1, -0.05) is 178 Å². The van der Waals surface area contributed by atoms with E-state index in [4.69, 9.17) is 0 Å². The van der Waals surface area contributed by atoms with E-state index >= 15 is 0 Å². The zero-order valence-electron chi connectivity index (χ0n) is 31.0. The van der Waals surface area contributed by atoms with Crippen LogP contribution < -0.4 is 9.80 Å². The second kappa shape index (κ2) is 13.2. The summed E-state index contributed by atoms with van der Waals surface area (Å²) in [6.45, 7) is 4.74. The molecule has 9 aromatic carbocycles. The minimum atomic E-state index is -0.225. The van der Waals surface area contributed by atoms with Crippen LogP contribution in [0.25, 0.3) is 43.8 Å². The summed E-state index contributed by atoms with van der Waals surface area (Å²) in [6.07, 6.45) is 0. The average molecular weight is 705 g/mol. The molecular weight excluding hydrogens is 665 g/mol. The zero-order chi connectivity index (χ0) is 36.9. The highest BCUT2D eigenvalue weighted by Gasteiger charge is 2.38. The van der Waals surface area contributed by atoms with Gasteiger partial charge in [-0.05, 0) is 92.0 Å². The van der Waals surface area contributed by atoms with Crippen molar-refractivity contribution in [2.75, 3.05) is 9.80 Å². The van der Waals surface area contributed by atoms with E-state index in [0.29, 0.717) is 0 Å². The van der Waals surface area contributed by atoms with E-state index in [9.17, 15) is 0 Å². The maximum absolute atomic E-state index is 2.55. The largest absolute Gasteiger partial charge is 0.308 e. The maximum atomic E-state index is 2.55. The molecule has 0 atom stereocenters. The van der Waals surface area contributed by atoms with Gasteiger partial charge in [0.2, 0.25) is 0 Å². The van der Waals surface area contributed by atoms with Gasteiger partial charge in [-0.15, -0.1) is 0 Å². The molecule has 9 aromatic rings. The molecule has 55 heavy (non-hydrogen) atoms. The van der Waals surface area contributed by atoms with E-state index < -0.39 is 0 Å². The lowest BCUT2D eigenvalue weighted by atomic mass is 9.73. The first-order valence-corrected chi connectivity index (χ1v) is 19.1. The van der Waals surface area contributed by atoms with Crippen LogP contribution in [0.1, 0.15) is 25.0 Å². The first-order valence-electron chi connectivity index (χ1n) is 19.1. The van der Waals surface area contributed by atoms with Crippen molar-refractivity contribution in [2.24, 2.45) is 0 Å². The lowest BCUT2D eigenvalue weighted by Gasteiger charge is -2.44. The number of nitrogens with zero attached hydrogens (tertiary/aromatic N) is 2. The van der Waals surface area contributed by atoms with Gasteiger partial charge in [-0.3, -0.25) is 0 Å². The summed E-state index contributed by atoms with van der Waals surface area (Å²) in [5.74, 6) is 0. The Morgan fingerprint density at radius 1 is 0.400 bits per heavy atom. The topological polar surface area (TPSA) is 6.48 Å². The number of benzene rings is 9. The fraction of sp³-hybridized carbons (Fsp3) is 0.0566. The SMILES string of the molecule is CC1(C)c2ccccc2N(c2c(N(c3ccccc3)c3ccc(-c4ccccc4)cc3)ccc3ccccc23)c2cc(-c3cccc4ccccc34)ccc21. The molecule has 0 aliphatic carbocycles. The average Bonchev–Trinajstić information content (AvgIpc) is 3.25. The van der Waals surface area contributed by atoms with Gasteiger partial charge in [-0.2, -0.15) is 0 Å². The third-order valence-corrected chi connectivity index (χ3v) is 11.4. The molecule has 10 rings (SSSR count). The molecule has 262 valence electrons. The Bertz CT molecular complexity index is 2830. The molecule has 0 saturated carbocycles. The van der Waals surface area contributed by atoms with Crippen molar-refractivity contribution in [3.8, 4) is 22.3 Å². The molecule has 0 radical (unpaired) electrons. The zero-order valence-corrected chi connectivity index (χ0v) is 31.0. The quantitative estimate of drug-likeness (QED) is 0.170. The number of para-hydroxylation sites is 2. The monoisotopic (exact) mass is 704 g/mol. The van der Waals surface area contributed by atoms with E-state index in [2.05, 4.69) is 230 Å². The summed E-state index contributed by atoms with van der Waals surface area (Å²) < 4.78 is 0. The first kappa shape index (κ1) is 32.7. The van der Waals surface area contributed by atoms with Crippen LogP contribution in [0.5, 0.6) is 0 Å². The smallest absolute Gasteiger partial charge is 0.0781 e. The number of anilines is 6. The van der Waals surface area contributed by atoms with Crippen molar-refractivity contribution in [3.63, 3.8) is 0 Å². The van der Waals surface area contributed by atoms with Crippen LogP contribution in [0, 0.1) is 0 Å². The second-order valence-electron chi connectivity index (χ2n) is 15.0. The van der Waals surface area contributed by atoms with Crippen LogP contribution in [0.4, 0.5) is 34.1 Å². The van der Waals surface area contributed by atoms with Crippen LogP contribution in [0.2, 0.25) is 0 Å². The van der Waals surface area contributed by atoms with Crippen molar-refractivity contribution in [3.05, 3.63) is 217 Å². The van der Waals surface area contributed by atoms with E-state index in [1.54, 1.807) is 0 Å². The van der Waals surface area contributed by atoms with Gasteiger partial charge in [0.25, 0.3) is 0 Å². The van der Waals surface area contributed by atoms with Gasteiger partial charge in [0.05, 0.1) is 22.7 Å². The predicted molar refractivity (Wildman–Crippen MR) is 234 cm³/mol. The summed E-state index contributed by atoms with van der Waals surface area (Å²) >= 11 is 0. The first-order chi connectivity index (χ1) is 27.1. The molecule has 0 amide bonds. The molecule has 2 heteroatoms. The Morgan fingerprint density at radius 2 is 0.964 bits per heavy atom. The fourth-order valence-corrected chi connectivity index (χ4v) is 8.70. The second-order valence-corrected chi connectivity index (χ2v) is 15.0. The Labute approximate surface area is 323 Å². The van der Waals surface area contributed by atoms with Crippen molar-refractivity contribution < 1.29 is 0 Å². The fourth-order valence-electron chi connectivity index (χ4n) is 8.70. The lowest BCUT2D eigenvalue weighted by Crippen LogP contribution is -2.31. The molecule has 0 spiro atoms. The van der Waals surface area contributed by atoms with E-state index in [1.807, 2.05) is 0 Å². The van der Waals surface area contributed by atoms with Crippen molar-refractivity contribution in [1.29, 1.82) is 0 Å². The van der Waals surface area contributed by atoms with Crippen LogP contribution in [0.15, 0.2) is 206 Å². The molecule has 1 heterocycles. The van der Waals surface area contributed by atoms with Gasteiger partial charge in [-0.25, -0.2) is 0 Å². The minimum Gasteiger partial charge on any atom is -0.308 e. The molecule has 1 aliphatic rings. The van der Waals surface area contributed by atoms with Crippen molar-refractivity contribution >= 4 is 55.7 Å². The summed E-state index contributed by atoms with van der Waals surface area (Å²) in [4.78, 5) is 4.98. The van der Waals surface area contributed by atoms with Crippen LogP contribution in [0.3, 0.4) is 0 Å². The maximum Gasteiger partial charge on any atom is 0.0781 e. The highest BCUT2D eigenvalue weighted by Crippen LogP contribution is 2.57. The Hall–Kier alpha value is -6.90. The summed E-state index contributed by atoms with van der Waals surface area (Å²) in [6, 6.07) is 75.3. The molecule has 0 N–H and O–H groups in total. The third-order valence-electron chi connectivity index (χ3n) is 11.4. The Kier molecular flexibility index (Phi) is 7.85. The number of fused-ring (bicyclic) bond motifs is 4. The van der Waals surface area contributed by atoms with Gasteiger partial charge in [0.1, 0.15) is 0 Å². The summed E-state index contributed by atoms with van der Waals surface area (Å²) in [7, 11) is 0. The normalized spacial score (nSPS) is 13.0. The predicted octanol–water partition coefficient (Wildman–Crippen LogP) is 14.9. The van der Waals surface area contributed by atoms with E-state index in [0.717, 1.165) is 22.7 Å². The molecule has 0 saturated heterocycles. The standard InChI is InChI=1S/C53H40N2/c1-53(2)47-26-13-14-27-49(47)55(51-36-41(30-34-48(51)53)45-25-15-20-39-18-9-11-23-44(39)45)52-46-24-12-10-19-40(46)31-35-50(52)54(42-21-7-4-8-22-42)43-32-28-38(29-33-43)37-16-5-3-6-17-37/h3-36H,1-2H3. The van der Waals surface area contributed by atoms with Crippen molar-refractivity contribution in [2.45, 2.75) is 19.3 Å². The van der Waals surface area contributed by atoms with E-state index in [-0.39, 0.29) is 5.41 Å². The molecule has 0 bridgehead atoms. The van der Waals surface area contributed by atoms with E-state index in [1.165, 1.54) is 66.3 Å². The van der Waals surface area contributed by atoms with Gasteiger partial charge < -0.3 is 9.80 Å². The molecule has 0 unspecified atom stereocenters. The minimum absolute atomic E-state index is 0.225. The van der Waals surface area contributed by atoms with Gasteiger partial charge >= 0.3 is 0 Å².